The van der Waals surface area contributed by atoms with Crippen molar-refractivity contribution in [3.8, 4) is 0 Å². The van der Waals surface area contributed by atoms with Gasteiger partial charge in [-0.05, 0) is 55.7 Å². The molecule has 1 heteroatoms. The van der Waals surface area contributed by atoms with Crippen LogP contribution in [-0.4, -0.2) is 12.6 Å². The molecule has 0 saturated carbocycles. The van der Waals surface area contributed by atoms with Gasteiger partial charge in [-0.2, -0.15) is 0 Å². The van der Waals surface area contributed by atoms with Crippen LogP contribution in [0, 0.1) is 0 Å². The van der Waals surface area contributed by atoms with Crippen molar-refractivity contribution in [3.63, 3.8) is 0 Å². The average Bonchev–Trinajstić information content (AvgIpc) is 2.39. The van der Waals surface area contributed by atoms with Crippen molar-refractivity contribution in [2.45, 2.75) is 50.5 Å². The summed E-state index contributed by atoms with van der Waals surface area (Å²) < 4.78 is 0. The fraction of sp³-hybridized carbons (Fsp3) is 0.600. The van der Waals surface area contributed by atoms with E-state index in [1.54, 1.807) is 11.1 Å². The molecule has 0 radical (unpaired) electrons. The summed E-state index contributed by atoms with van der Waals surface area (Å²) in [6.45, 7) is 1.23. The number of nitrogens with one attached hydrogen (secondary N) is 1. The van der Waals surface area contributed by atoms with E-state index in [1.165, 1.54) is 45.1 Å². The normalized spacial score (nSPS) is 29.8. The Kier molecular flexibility index (Phi) is 2.96. The Morgan fingerprint density at radius 1 is 1.00 bits per heavy atom. The van der Waals surface area contributed by atoms with Crippen molar-refractivity contribution in [3.05, 3.63) is 35.4 Å². The van der Waals surface area contributed by atoms with Gasteiger partial charge in [0.1, 0.15) is 0 Å². The van der Waals surface area contributed by atoms with Crippen LogP contribution in [0.3, 0.4) is 0 Å². The first kappa shape index (κ1) is 10.3. The van der Waals surface area contributed by atoms with E-state index in [2.05, 4.69) is 29.6 Å². The summed E-state index contributed by atoms with van der Waals surface area (Å²) in [5, 5.41) is 3.73. The summed E-state index contributed by atoms with van der Waals surface area (Å²) in [6, 6.07) is 9.82. The van der Waals surface area contributed by atoms with Gasteiger partial charge in [-0.15, -0.1) is 0 Å². The predicted molar refractivity (Wildman–Crippen MR) is 67.8 cm³/mol. The zero-order chi connectivity index (χ0) is 10.8. The highest BCUT2D eigenvalue weighted by Gasteiger charge is 2.28. The standard InChI is InChI=1S/C15H21N/c1-2-8-13-12(6-1)7-5-9-14(13)15-10-3-4-11-16-15/h1-2,6,8,14-16H,3-5,7,9-11H2/t14-,15-/m1/s1. The molecule has 0 aromatic heterocycles. The van der Waals surface area contributed by atoms with E-state index in [4.69, 9.17) is 0 Å². The molecular formula is C15H21N. The molecule has 1 fully saturated rings. The third-order valence-corrected chi connectivity index (χ3v) is 4.25. The Balaban J connectivity index is 1.86. The lowest BCUT2D eigenvalue weighted by atomic mass is 9.76. The van der Waals surface area contributed by atoms with Gasteiger partial charge in [-0.1, -0.05) is 30.7 Å². The highest BCUT2D eigenvalue weighted by atomic mass is 14.9. The van der Waals surface area contributed by atoms with Crippen LogP contribution in [0.4, 0.5) is 0 Å². The molecule has 0 spiro atoms. The van der Waals surface area contributed by atoms with Crippen LogP contribution >= 0.6 is 0 Å². The molecule has 1 aromatic carbocycles. The minimum atomic E-state index is 0.746. The first-order valence-corrected chi connectivity index (χ1v) is 6.76. The molecule has 1 saturated heterocycles. The molecule has 16 heavy (non-hydrogen) atoms. The lowest BCUT2D eigenvalue weighted by Crippen LogP contribution is -2.39. The minimum Gasteiger partial charge on any atom is -0.313 e. The van der Waals surface area contributed by atoms with Crippen LogP contribution < -0.4 is 5.32 Å². The van der Waals surface area contributed by atoms with Crippen LogP contribution in [0.15, 0.2) is 24.3 Å². The van der Waals surface area contributed by atoms with E-state index in [0.29, 0.717) is 0 Å². The highest BCUT2D eigenvalue weighted by Crippen LogP contribution is 2.36. The Morgan fingerprint density at radius 2 is 1.94 bits per heavy atom. The largest absolute Gasteiger partial charge is 0.313 e. The van der Waals surface area contributed by atoms with Gasteiger partial charge in [0.15, 0.2) is 0 Å². The molecule has 2 aliphatic rings. The summed E-state index contributed by atoms with van der Waals surface area (Å²) in [6.07, 6.45) is 8.20. The summed E-state index contributed by atoms with van der Waals surface area (Å²) in [5.74, 6) is 0.783. The van der Waals surface area contributed by atoms with Crippen molar-refractivity contribution in [1.29, 1.82) is 0 Å². The van der Waals surface area contributed by atoms with Crippen LogP contribution in [0.2, 0.25) is 0 Å². The third kappa shape index (κ3) is 1.89. The number of rotatable bonds is 1. The molecular weight excluding hydrogens is 194 g/mol. The smallest absolute Gasteiger partial charge is 0.0136 e. The van der Waals surface area contributed by atoms with Crippen LogP contribution in [0.1, 0.15) is 49.1 Å². The molecule has 0 amide bonds. The van der Waals surface area contributed by atoms with Gasteiger partial charge >= 0.3 is 0 Å². The van der Waals surface area contributed by atoms with Crippen molar-refractivity contribution < 1.29 is 0 Å². The summed E-state index contributed by atoms with van der Waals surface area (Å²) >= 11 is 0. The average molecular weight is 215 g/mol. The van der Waals surface area contributed by atoms with Crippen LogP contribution in [-0.2, 0) is 6.42 Å². The quantitative estimate of drug-likeness (QED) is 0.758. The zero-order valence-corrected chi connectivity index (χ0v) is 9.91. The zero-order valence-electron chi connectivity index (χ0n) is 9.91. The van der Waals surface area contributed by atoms with E-state index in [-0.39, 0.29) is 0 Å². The summed E-state index contributed by atoms with van der Waals surface area (Å²) in [4.78, 5) is 0. The lowest BCUT2D eigenvalue weighted by molar-refractivity contribution is 0.327. The SMILES string of the molecule is c1ccc2c(c1)CCC[C@H]2[C@H]1CCCCN1. The van der Waals surface area contributed by atoms with E-state index >= 15 is 0 Å². The molecule has 3 rings (SSSR count). The maximum Gasteiger partial charge on any atom is 0.0136 e. The second kappa shape index (κ2) is 4.58. The first-order valence-electron chi connectivity index (χ1n) is 6.76. The topological polar surface area (TPSA) is 12.0 Å². The number of piperidine rings is 1. The maximum atomic E-state index is 3.73. The molecule has 0 unspecified atom stereocenters. The molecule has 0 bridgehead atoms. The summed E-state index contributed by atoms with van der Waals surface area (Å²) in [7, 11) is 0. The second-order valence-corrected chi connectivity index (χ2v) is 5.25. The fourth-order valence-electron chi connectivity index (χ4n) is 3.43. The van der Waals surface area contributed by atoms with Crippen molar-refractivity contribution in [2.75, 3.05) is 6.54 Å². The minimum absolute atomic E-state index is 0.746. The first-order chi connectivity index (χ1) is 7.95. The molecule has 1 nitrogen and oxygen atoms in total. The lowest BCUT2D eigenvalue weighted by Gasteiger charge is -2.35. The Bertz CT molecular complexity index is 352. The fourth-order valence-corrected chi connectivity index (χ4v) is 3.43. The number of fused-ring (bicyclic) bond motifs is 1. The third-order valence-electron chi connectivity index (χ3n) is 4.25. The number of benzene rings is 1. The number of hydrogen-bond acceptors (Lipinski definition) is 1. The van der Waals surface area contributed by atoms with E-state index < -0.39 is 0 Å². The van der Waals surface area contributed by atoms with Gasteiger partial charge in [-0.25, -0.2) is 0 Å². The Hall–Kier alpha value is -0.820. The summed E-state index contributed by atoms with van der Waals surface area (Å²) in [5.41, 5.74) is 3.24. The van der Waals surface area contributed by atoms with Gasteiger partial charge in [-0.3, -0.25) is 0 Å². The van der Waals surface area contributed by atoms with Crippen molar-refractivity contribution >= 4 is 0 Å². The molecule has 86 valence electrons. The maximum absolute atomic E-state index is 3.73. The predicted octanol–water partition coefficient (Wildman–Crippen LogP) is 3.25. The number of hydrogen-bond donors (Lipinski definition) is 1. The van der Waals surface area contributed by atoms with Gasteiger partial charge < -0.3 is 5.32 Å². The van der Waals surface area contributed by atoms with Gasteiger partial charge in [0, 0.05) is 6.04 Å². The van der Waals surface area contributed by atoms with Crippen LogP contribution in [0.25, 0.3) is 0 Å². The Morgan fingerprint density at radius 3 is 2.81 bits per heavy atom. The molecule has 2 atom stereocenters. The van der Waals surface area contributed by atoms with E-state index in [1.807, 2.05) is 0 Å². The molecule has 1 aliphatic heterocycles. The van der Waals surface area contributed by atoms with Gasteiger partial charge in [0.25, 0.3) is 0 Å². The molecule has 1 aromatic rings. The van der Waals surface area contributed by atoms with Crippen LogP contribution in [0.5, 0.6) is 0 Å². The monoisotopic (exact) mass is 215 g/mol. The number of aryl methyl sites for hydroxylation is 1. The van der Waals surface area contributed by atoms with E-state index in [9.17, 15) is 0 Å². The highest BCUT2D eigenvalue weighted by molar-refractivity contribution is 5.33. The van der Waals surface area contributed by atoms with Crippen molar-refractivity contribution in [1.82, 2.24) is 5.32 Å². The van der Waals surface area contributed by atoms with Gasteiger partial charge in [0.05, 0.1) is 0 Å². The van der Waals surface area contributed by atoms with Gasteiger partial charge in [0.2, 0.25) is 0 Å². The van der Waals surface area contributed by atoms with Crippen molar-refractivity contribution in [2.24, 2.45) is 0 Å². The molecule has 1 N–H and O–H groups in total. The Labute approximate surface area is 98.3 Å². The second-order valence-electron chi connectivity index (χ2n) is 5.25. The van der Waals surface area contributed by atoms with E-state index in [0.717, 1.165) is 12.0 Å². The molecule has 1 aliphatic carbocycles. The molecule has 1 heterocycles.